The Balaban J connectivity index is 0.00000121. The second-order valence-corrected chi connectivity index (χ2v) is 4.38. The van der Waals surface area contributed by atoms with E-state index < -0.39 is 0 Å². The molecule has 0 aliphatic heterocycles. The van der Waals surface area contributed by atoms with E-state index in [-0.39, 0.29) is 11.9 Å². The summed E-state index contributed by atoms with van der Waals surface area (Å²) in [4.78, 5) is 11.9. The molecule has 3 nitrogen and oxygen atoms in total. The van der Waals surface area contributed by atoms with Crippen molar-refractivity contribution >= 4 is 34.5 Å². The Morgan fingerprint density at radius 2 is 1.88 bits per heavy atom. The van der Waals surface area contributed by atoms with Crippen molar-refractivity contribution in [1.82, 2.24) is 5.32 Å². The molecule has 17 heavy (non-hydrogen) atoms. The smallest absolute Gasteiger partial charge is 0.252 e. The standard InChI is InChI=1S/C11H15IN2O.C2H6/c1-8-6-4-5-7-10(8)14(12)11(15)9(2)13-3;1-2/h4-7,9,13H,1-3H3;1-2H3. The van der Waals surface area contributed by atoms with Crippen LogP contribution in [0.2, 0.25) is 0 Å². The summed E-state index contributed by atoms with van der Waals surface area (Å²) in [5.41, 5.74) is 2.05. The lowest BCUT2D eigenvalue weighted by atomic mass is 10.2. The van der Waals surface area contributed by atoms with Gasteiger partial charge in [-0.1, -0.05) is 32.0 Å². The summed E-state index contributed by atoms with van der Waals surface area (Å²) in [7, 11) is 1.78. The molecule has 0 saturated heterocycles. The number of likely N-dealkylation sites (N-methyl/N-ethyl adjacent to an activating group) is 1. The second kappa shape index (κ2) is 8.47. The maximum Gasteiger partial charge on any atom is 0.252 e. The van der Waals surface area contributed by atoms with E-state index >= 15 is 0 Å². The Morgan fingerprint density at radius 1 is 1.35 bits per heavy atom. The highest BCUT2D eigenvalue weighted by atomic mass is 127. The van der Waals surface area contributed by atoms with Crippen LogP contribution in [0.4, 0.5) is 5.69 Å². The van der Waals surface area contributed by atoms with E-state index in [4.69, 9.17) is 0 Å². The van der Waals surface area contributed by atoms with Crippen LogP contribution in [-0.4, -0.2) is 19.0 Å². The summed E-state index contributed by atoms with van der Waals surface area (Å²) in [6, 6.07) is 7.68. The quantitative estimate of drug-likeness (QED) is 0.671. The number of anilines is 1. The number of nitrogens with zero attached hydrogens (tertiary/aromatic N) is 1. The molecule has 0 fully saturated rings. The van der Waals surface area contributed by atoms with E-state index in [1.54, 1.807) is 10.2 Å². The van der Waals surface area contributed by atoms with Gasteiger partial charge in [0.2, 0.25) is 0 Å². The summed E-state index contributed by atoms with van der Waals surface area (Å²) < 4.78 is 1.66. The third-order valence-corrected chi connectivity index (χ3v) is 3.32. The van der Waals surface area contributed by atoms with Crippen LogP contribution in [0.1, 0.15) is 26.3 Å². The Kier molecular flexibility index (Phi) is 8.16. The zero-order chi connectivity index (χ0) is 13.4. The Morgan fingerprint density at radius 3 is 2.35 bits per heavy atom. The molecule has 0 bridgehead atoms. The van der Waals surface area contributed by atoms with Gasteiger partial charge >= 0.3 is 0 Å². The van der Waals surface area contributed by atoms with E-state index in [1.165, 1.54) is 0 Å². The highest BCUT2D eigenvalue weighted by Gasteiger charge is 2.19. The van der Waals surface area contributed by atoms with Crippen LogP contribution in [0.3, 0.4) is 0 Å². The number of carbonyl (C=O) groups excluding carboxylic acids is 1. The van der Waals surface area contributed by atoms with Crippen molar-refractivity contribution in [2.75, 3.05) is 10.2 Å². The first-order valence-electron chi connectivity index (χ1n) is 5.80. The lowest BCUT2D eigenvalue weighted by Crippen LogP contribution is -2.39. The van der Waals surface area contributed by atoms with Crippen molar-refractivity contribution in [3.8, 4) is 0 Å². The highest BCUT2D eigenvalue weighted by molar-refractivity contribution is 14.1. The zero-order valence-corrected chi connectivity index (χ0v) is 13.3. The number of carbonyl (C=O) groups is 1. The van der Waals surface area contributed by atoms with Crippen molar-refractivity contribution < 1.29 is 4.79 Å². The lowest BCUT2D eigenvalue weighted by Gasteiger charge is -2.20. The zero-order valence-electron chi connectivity index (χ0n) is 11.1. The third kappa shape index (κ3) is 4.63. The van der Waals surface area contributed by atoms with Crippen LogP contribution < -0.4 is 8.43 Å². The molecule has 1 aromatic rings. The van der Waals surface area contributed by atoms with Gasteiger partial charge in [-0.15, -0.1) is 0 Å². The number of benzene rings is 1. The number of halogens is 1. The van der Waals surface area contributed by atoms with Gasteiger partial charge in [-0.2, -0.15) is 0 Å². The first-order chi connectivity index (χ1) is 8.07. The summed E-state index contributed by atoms with van der Waals surface area (Å²) >= 11 is 2.04. The van der Waals surface area contributed by atoms with E-state index in [0.717, 1.165) is 11.3 Å². The van der Waals surface area contributed by atoms with Gasteiger partial charge in [-0.05, 0) is 32.5 Å². The maximum atomic E-state index is 11.9. The monoisotopic (exact) mass is 348 g/mol. The number of hydrogen-bond acceptors (Lipinski definition) is 2. The molecular formula is C13H21IN2O. The third-order valence-electron chi connectivity index (χ3n) is 2.32. The van der Waals surface area contributed by atoms with Crippen LogP contribution in [0, 0.1) is 6.92 Å². The van der Waals surface area contributed by atoms with Crippen molar-refractivity contribution in [3.63, 3.8) is 0 Å². The molecule has 1 atom stereocenters. The number of nitrogens with one attached hydrogen (secondary N) is 1. The molecule has 0 aliphatic rings. The molecule has 4 heteroatoms. The maximum absolute atomic E-state index is 11.9. The highest BCUT2D eigenvalue weighted by Crippen LogP contribution is 2.23. The Labute approximate surface area is 118 Å². The molecule has 0 heterocycles. The predicted octanol–water partition coefficient (Wildman–Crippen LogP) is 3.31. The summed E-state index contributed by atoms with van der Waals surface area (Å²) in [6.45, 7) is 7.85. The lowest BCUT2D eigenvalue weighted by molar-refractivity contribution is -0.118. The minimum atomic E-state index is -0.165. The van der Waals surface area contributed by atoms with Gasteiger partial charge in [-0.3, -0.25) is 7.91 Å². The predicted molar refractivity (Wildman–Crippen MR) is 82.6 cm³/mol. The number of amides is 1. The minimum Gasteiger partial charge on any atom is -0.309 e. The van der Waals surface area contributed by atoms with Gasteiger partial charge in [-0.25, -0.2) is 0 Å². The van der Waals surface area contributed by atoms with Gasteiger partial charge in [0.15, 0.2) is 0 Å². The molecule has 96 valence electrons. The van der Waals surface area contributed by atoms with Gasteiger partial charge < -0.3 is 5.32 Å². The molecule has 1 amide bonds. The van der Waals surface area contributed by atoms with Crippen molar-refractivity contribution in [3.05, 3.63) is 29.8 Å². The molecule has 0 aromatic heterocycles. The number of aryl methyl sites for hydroxylation is 1. The normalized spacial score (nSPS) is 11.2. The van der Waals surface area contributed by atoms with E-state index in [2.05, 4.69) is 5.32 Å². The fourth-order valence-electron chi connectivity index (χ4n) is 1.20. The summed E-state index contributed by atoms with van der Waals surface area (Å²) in [6.07, 6.45) is 0. The molecule has 0 aliphatic carbocycles. The molecule has 1 rings (SSSR count). The van der Waals surface area contributed by atoms with Crippen LogP contribution >= 0.6 is 22.9 Å². The van der Waals surface area contributed by atoms with Gasteiger partial charge in [0.25, 0.3) is 5.91 Å². The van der Waals surface area contributed by atoms with E-state index in [0.29, 0.717) is 0 Å². The van der Waals surface area contributed by atoms with Crippen LogP contribution in [0.25, 0.3) is 0 Å². The van der Waals surface area contributed by atoms with Crippen molar-refractivity contribution in [2.45, 2.75) is 33.7 Å². The topological polar surface area (TPSA) is 32.3 Å². The average molecular weight is 348 g/mol. The van der Waals surface area contributed by atoms with Gasteiger partial charge in [0.1, 0.15) is 0 Å². The average Bonchev–Trinajstić information content (AvgIpc) is 2.39. The first kappa shape index (κ1) is 16.4. The fraction of sp³-hybridized carbons (Fsp3) is 0.462. The van der Waals surface area contributed by atoms with Crippen molar-refractivity contribution in [2.24, 2.45) is 0 Å². The van der Waals surface area contributed by atoms with Crippen molar-refractivity contribution in [1.29, 1.82) is 0 Å². The molecule has 1 N–H and O–H groups in total. The fourth-order valence-corrected chi connectivity index (χ4v) is 2.15. The first-order valence-corrected chi connectivity index (χ1v) is 6.77. The number of rotatable bonds is 3. The number of para-hydroxylation sites is 1. The van der Waals surface area contributed by atoms with E-state index in [1.807, 2.05) is 74.8 Å². The molecule has 1 unspecified atom stereocenters. The van der Waals surface area contributed by atoms with Gasteiger partial charge in [0.05, 0.1) is 34.6 Å². The molecule has 0 saturated carbocycles. The SMILES string of the molecule is CC.CNC(C)C(=O)N(I)c1ccccc1C. The van der Waals surface area contributed by atoms with Crippen LogP contribution in [-0.2, 0) is 4.79 Å². The molecule has 0 radical (unpaired) electrons. The van der Waals surface area contributed by atoms with E-state index in [9.17, 15) is 4.79 Å². The second-order valence-electron chi connectivity index (χ2n) is 3.42. The molecular weight excluding hydrogens is 327 g/mol. The van der Waals surface area contributed by atoms with Crippen LogP contribution in [0.15, 0.2) is 24.3 Å². The molecule has 1 aromatic carbocycles. The van der Waals surface area contributed by atoms with Crippen LogP contribution in [0.5, 0.6) is 0 Å². The van der Waals surface area contributed by atoms with Gasteiger partial charge in [0, 0.05) is 0 Å². The summed E-state index contributed by atoms with van der Waals surface area (Å²) in [5.74, 6) is 0.0624. The molecule has 0 spiro atoms. The Bertz CT molecular complexity index is 355. The minimum absolute atomic E-state index is 0.0624. The summed E-state index contributed by atoms with van der Waals surface area (Å²) in [5, 5.41) is 2.94. The largest absolute Gasteiger partial charge is 0.309 e. The Hall–Kier alpha value is -0.620. The number of hydrogen-bond donors (Lipinski definition) is 1.